The van der Waals surface area contributed by atoms with Crippen LogP contribution in [0.4, 0.5) is 0 Å². The molecule has 3 rings (SSSR count). The fourth-order valence-corrected chi connectivity index (χ4v) is 3.00. The second-order valence-electron chi connectivity index (χ2n) is 6.02. The van der Waals surface area contributed by atoms with E-state index in [0.717, 1.165) is 18.4 Å². The first kappa shape index (κ1) is 11.7. The topological polar surface area (TPSA) is 46.3 Å². The number of carbonyl (C=O) groups is 1. The minimum Gasteiger partial charge on any atom is -0.345 e. The maximum Gasteiger partial charge on any atom is 0.253 e. The summed E-state index contributed by atoms with van der Waals surface area (Å²) in [5.74, 6) is 0.0558. The van der Waals surface area contributed by atoms with Gasteiger partial charge in [0.15, 0.2) is 0 Å². The van der Waals surface area contributed by atoms with Crippen LogP contribution in [0.15, 0.2) is 24.3 Å². The number of nitrogens with two attached hydrogens (primary N) is 1. The molecule has 0 radical (unpaired) electrons. The van der Waals surface area contributed by atoms with Crippen molar-refractivity contribution in [1.29, 1.82) is 0 Å². The van der Waals surface area contributed by atoms with Crippen LogP contribution >= 0.6 is 0 Å². The summed E-state index contributed by atoms with van der Waals surface area (Å²) in [7, 11) is 3.55. The Morgan fingerprint density at radius 1 is 1.11 bits per heavy atom. The molecule has 96 valence electrons. The van der Waals surface area contributed by atoms with Crippen molar-refractivity contribution < 1.29 is 4.79 Å². The van der Waals surface area contributed by atoms with Gasteiger partial charge in [-0.2, -0.15) is 0 Å². The van der Waals surface area contributed by atoms with Crippen molar-refractivity contribution in [2.45, 2.75) is 36.6 Å². The lowest BCUT2D eigenvalue weighted by molar-refractivity contribution is 0.0827. The molecule has 0 aliphatic heterocycles. The number of rotatable bonds is 3. The zero-order valence-electron chi connectivity index (χ0n) is 11.1. The molecular formula is C15H20N2O. The van der Waals surface area contributed by atoms with E-state index in [1.165, 1.54) is 18.4 Å². The third kappa shape index (κ3) is 1.57. The van der Waals surface area contributed by atoms with Gasteiger partial charge in [-0.1, -0.05) is 12.1 Å². The minimum absolute atomic E-state index is 0.0417. The Labute approximate surface area is 108 Å². The quantitative estimate of drug-likeness (QED) is 0.883. The zero-order valence-corrected chi connectivity index (χ0v) is 11.1. The van der Waals surface area contributed by atoms with E-state index in [1.807, 2.05) is 12.1 Å². The molecule has 0 unspecified atom stereocenters. The Bertz CT molecular complexity index is 482. The lowest BCUT2D eigenvalue weighted by Gasteiger charge is -2.23. The summed E-state index contributed by atoms with van der Waals surface area (Å²) in [6.07, 6.45) is 4.69. The second kappa shape index (κ2) is 3.58. The molecule has 0 spiro atoms. The third-order valence-corrected chi connectivity index (χ3v) is 4.58. The molecular weight excluding hydrogens is 224 g/mol. The van der Waals surface area contributed by atoms with Gasteiger partial charge >= 0.3 is 0 Å². The fourth-order valence-electron chi connectivity index (χ4n) is 3.00. The van der Waals surface area contributed by atoms with Crippen LogP contribution in [0.1, 0.15) is 41.6 Å². The Morgan fingerprint density at radius 2 is 1.67 bits per heavy atom. The smallest absolute Gasteiger partial charge is 0.253 e. The molecule has 3 heteroatoms. The second-order valence-corrected chi connectivity index (χ2v) is 6.02. The Hall–Kier alpha value is -1.35. The van der Waals surface area contributed by atoms with Gasteiger partial charge in [0.2, 0.25) is 0 Å². The highest BCUT2D eigenvalue weighted by Crippen LogP contribution is 2.63. The average molecular weight is 244 g/mol. The van der Waals surface area contributed by atoms with Crippen LogP contribution < -0.4 is 5.73 Å². The molecule has 2 aliphatic carbocycles. The molecule has 1 amide bonds. The van der Waals surface area contributed by atoms with E-state index in [0.29, 0.717) is 0 Å². The average Bonchev–Trinajstić information content (AvgIpc) is 3.24. The molecule has 2 aliphatic rings. The SMILES string of the molecule is CN(C)C(=O)c1ccc(C2(C3(N)CC3)CC2)cc1. The van der Waals surface area contributed by atoms with Crippen LogP contribution in [0.5, 0.6) is 0 Å². The summed E-state index contributed by atoms with van der Waals surface area (Å²) in [5.41, 5.74) is 8.72. The molecule has 2 fully saturated rings. The minimum atomic E-state index is 0.0417. The largest absolute Gasteiger partial charge is 0.345 e. The van der Waals surface area contributed by atoms with Crippen LogP contribution in [0, 0.1) is 0 Å². The van der Waals surface area contributed by atoms with E-state index in [2.05, 4.69) is 12.1 Å². The van der Waals surface area contributed by atoms with Crippen LogP contribution in [-0.4, -0.2) is 30.4 Å². The van der Waals surface area contributed by atoms with Crippen molar-refractivity contribution in [2.75, 3.05) is 14.1 Å². The molecule has 0 bridgehead atoms. The van der Waals surface area contributed by atoms with Gasteiger partial charge in [-0.3, -0.25) is 4.79 Å². The third-order valence-electron chi connectivity index (χ3n) is 4.58. The highest BCUT2D eigenvalue weighted by Gasteiger charge is 2.63. The normalized spacial score (nSPS) is 22.4. The lowest BCUT2D eigenvalue weighted by atomic mass is 9.86. The van der Waals surface area contributed by atoms with Crippen molar-refractivity contribution in [2.24, 2.45) is 5.73 Å². The molecule has 3 nitrogen and oxygen atoms in total. The van der Waals surface area contributed by atoms with Crippen LogP contribution in [-0.2, 0) is 5.41 Å². The Morgan fingerprint density at radius 3 is 2.06 bits per heavy atom. The van der Waals surface area contributed by atoms with Crippen LogP contribution in [0.3, 0.4) is 0 Å². The Balaban J connectivity index is 1.86. The number of carbonyl (C=O) groups excluding carboxylic acids is 1. The van der Waals surface area contributed by atoms with Crippen molar-refractivity contribution >= 4 is 5.91 Å². The number of nitrogens with zero attached hydrogens (tertiary/aromatic N) is 1. The van der Waals surface area contributed by atoms with E-state index in [-0.39, 0.29) is 16.9 Å². The van der Waals surface area contributed by atoms with Crippen LogP contribution in [0.25, 0.3) is 0 Å². The van der Waals surface area contributed by atoms with Gasteiger partial charge in [0.25, 0.3) is 5.91 Å². The summed E-state index contributed by atoms with van der Waals surface area (Å²) >= 11 is 0. The van der Waals surface area contributed by atoms with E-state index in [9.17, 15) is 4.79 Å². The van der Waals surface area contributed by atoms with Gasteiger partial charge in [0.05, 0.1) is 0 Å². The molecule has 1 aromatic carbocycles. The van der Waals surface area contributed by atoms with E-state index in [4.69, 9.17) is 5.73 Å². The predicted molar refractivity (Wildman–Crippen MR) is 71.5 cm³/mol. The molecule has 0 atom stereocenters. The number of amides is 1. The van der Waals surface area contributed by atoms with Crippen molar-refractivity contribution in [3.63, 3.8) is 0 Å². The first-order valence-corrected chi connectivity index (χ1v) is 6.60. The van der Waals surface area contributed by atoms with Gasteiger partial charge in [0, 0.05) is 30.6 Å². The predicted octanol–water partition coefficient (Wildman–Crippen LogP) is 1.91. The van der Waals surface area contributed by atoms with Crippen molar-refractivity contribution in [3.8, 4) is 0 Å². The number of benzene rings is 1. The van der Waals surface area contributed by atoms with Crippen LogP contribution in [0.2, 0.25) is 0 Å². The summed E-state index contributed by atoms with van der Waals surface area (Å²) in [6.45, 7) is 0. The highest BCUT2D eigenvalue weighted by atomic mass is 16.2. The molecule has 1 aromatic rings. The van der Waals surface area contributed by atoms with Gasteiger partial charge in [-0.05, 0) is 43.4 Å². The summed E-state index contributed by atoms with van der Waals surface area (Å²) in [4.78, 5) is 13.4. The summed E-state index contributed by atoms with van der Waals surface area (Å²) in [5, 5.41) is 0. The van der Waals surface area contributed by atoms with E-state index >= 15 is 0 Å². The zero-order chi connectivity index (χ0) is 13.0. The van der Waals surface area contributed by atoms with Crippen molar-refractivity contribution in [3.05, 3.63) is 35.4 Å². The van der Waals surface area contributed by atoms with E-state index < -0.39 is 0 Å². The number of hydrogen-bond donors (Lipinski definition) is 1. The molecule has 18 heavy (non-hydrogen) atoms. The van der Waals surface area contributed by atoms with Gasteiger partial charge in [-0.15, -0.1) is 0 Å². The molecule has 2 N–H and O–H groups in total. The van der Waals surface area contributed by atoms with Crippen molar-refractivity contribution in [1.82, 2.24) is 4.90 Å². The summed E-state index contributed by atoms with van der Waals surface area (Å²) < 4.78 is 0. The standard InChI is InChI=1S/C15H20N2O/c1-17(2)13(18)11-3-5-12(6-4-11)14(7-8-14)15(16)9-10-15/h3-6H,7-10,16H2,1-2H3. The first-order valence-electron chi connectivity index (χ1n) is 6.60. The lowest BCUT2D eigenvalue weighted by Crippen LogP contribution is -2.37. The molecule has 2 saturated carbocycles. The Kier molecular flexibility index (Phi) is 2.33. The van der Waals surface area contributed by atoms with Gasteiger partial charge in [0.1, 0.15) is 0 Å². The maximum absolute atomic E-state index is 11.8. The molecule has 0 heterocycles. The first-order chi connectivity index (χ1) is 8.48. The monoisotopic (exact) mass is 244 g/mol. The highest BCUT2D eigenvalue weighted by molar-refractivity contribution is 5.93. The fraction of sp³-hybridized carbons (Fsp3) is 0.533. The molecule has 0 saturated heterocycles. The maximum atomic E-state index is 11.8. The summed E-state index contributed by atoms with van der Waals surface area (Å²) in [6, 6.07) is 8.06. The number of hydrogen-bond acceptors (Lipinski definition) is 2. The van der Waals surface area contributed by atoms with E-state index in [1.54, 1.807) is 19.0 Å². The molecule has 0 aromatic heterocycles. The van der Waals surface area contributed by atoms with Gasteiger partial charge < -0.3 is 10.6 Å². The van der Waals surface area contributed by atoms with Gasteiger partial charge in [-0.25, -0.2) is 0 Å².